The van der Waals surface area contributed by atoms with Crippen LogP contribution in [0, 0.1) is 0 Å². The van der Waals surface area contributed by atoms with Crippen molar-refractivity contribution in [2.75, 3.05) is 37.2 Å². The molecule has 1 aliphatic rings. The van der Waals surface area contributed by atoms with Crippen LogP contribution in [0.3, 0.4) is 0 Å². The van der Waals surface area contributed by atoms with Gasteiger partial charge in [0.25, 0.3) is 5.91 Å². The molecule has 2 aromatic rings. The van der Waals surface area contributed by atoms with Crippen molar-refractivity contribution in [2.45, 2.75) is 13.5 Å². The highest BCUT2D eigenvalue weighted by Crippen LogP contribution is 2.26. The first kappa shape index (κ1) is 22.1. The van der Waals surface area contributed by atoms with Gasteiger partial charge in [-0.3, -0.25) is 9.69 Å². The van der Waals surface area contributed by atoms with Gasteiger partial charge in [-0.15, -0.1) is 0 Å². The van der Waals surface area contributed by atoms with E-state index in [-0.39, 0.29) is 11.7 Å². The third kappa shape index (κ3) is 5.71. The van der Waals surface area contributed by atoms with Gasteiger partial charge in [0, 0.05) is 43.3 Å². The highest BCUT2D eigenvalue weighted by atomic mass is 35.5. The fourth-order valence-electron chi connectivity index (χ4n) is 3.16. The minimum absolute atomic E-state index is 0.136. The van der Waals surface area contributed by atoms with Gasteiger partial charge in [-0.2, -0.15) is 4.31 Å². The number of halogens is 2. The summed E-state index contributed by atoms with van der Waals surface area (Å²) in [6.07, 6.45) is 0. The molecule has 0 radical (unpaired) electrons. The Morgan fingerprint density at radius 1 is 1.03 bits per heavy atom. The number of benzene rings is 2. The van der Waals surface area contributed by atoms with Crippen LogP contribution in [0.25, 0.3) is 0 Å². The van der Waals surface area contributed by atoms with E-state index in [9.17, 15) is 13.2 Å². The van der Waals surface area contributed by atoms with Gasteiger partial charge in [0.15, 0.2) is 0 Å². The molecule has 9 heteroatoms. The Hall–Kier alpha value is -1.64. The SMILES string of the molecule is CCS(=O)(=O)N1CCN(Cc2ccc(C(=O)Nc3cc(Cl)ccc3Cl)cc2)CC1. The third-order valence-electron chi connectivity index (χ3n) is 4.89. The topological polar surface area (TPSA) is 69.7 Å². The molecule has 0 unspecified atom stereocenters. The summed E-state index contributed by atoms with van der Waals surface area (Å²) in [6, 6.07) is 12.2. The van der Waals surface area contributed by atoms with E-state index in [2.05, 4.69) is 10.2 Å². The van der Waals surface area contributed by atoms with Gasteiger partial charge >= 0.3 is 0 Å². The van der Waals surface area contributed by atoms with Crippen molar-refractivity contribution >= 4 is 44.8 Å². The number of carbonyl (C=O) groups excluding carboxylic acids is 1. The Bertz CT molecular complexity index is 973. The number of amides is 1. The first-order valence-electron chi connectivity index (χ1n) is 9.34. The molecule has 1 amide bonds. The van der Waals surface area contributed by atoms with E-state index in [0.717, 1.165) is 5.56 Å². The lowest BCUT2D eigenvalue weighted by Crippen LogP contribution is -2.48. The Morgan fingerprint density at radius 2 is 1.69 bits per heavy atom. The summed E-state index contributed by atoms with van der Waals surface area (Å²) in [7, 11) is -3.12. The van der Waals surface area contributed by atoms with Crippen LogP contribution in [-0.4, -0.2) is 55.5 Å². The van der Waals surface area contributed by atoms with Crippen molar-refractivity contribution in [3.63, 3.8) is 0 Å². The molecule has 2 aromatic carbocycles. The number of carbonyl (C=O) groups is 1. The second-order valence-electron chi connectivity index (χ2n) is 6.85. The molecule has 0 atom stereocenters. The Morgan fingerprint density at radius 3 is 2.31 bits per heavy atom. The summed E-state index contributed by atoms with van der Waals surface area (Å²) in [4.78, 5) is 14.7. The van der Waals surface area contributed by atoms with Crippen molar-refractivity contribution in [3.8, 4) is 0 Å². The van der Waals surface area contributed by atoms with Crippen molar-refractivity contribution in [1.82, 2.24) is 9.21 Å². The first-order valence-corrected chi connectivity index (χ1v) is 11.7. The second kappa shape index (κ2) is 9.45. The molecular formula is C20H23Cl2N3O3S. The summed E-state index contributed by atoms with van der Waals surface area (Å²) >= 11 is 12.0. The molecule has 0 spiro atoms. The van der Waals surface area contributed by atoms with E-state index in [0.29, 0.717) is 54.0 Å². The zero-order chi connectivity index (χ0) is 21.0. The molecular weight excluding hydrogens is 433 g/mol. The summed E-state index contributed by atoms with van der Waals surface area (Å²) < 4.78 is 25.4. The zero-order valence-corrected chi connectivity index (χ0v) is 18.4. The van der Waals surface area contributed by atoms with Crippen LogP contribution >= 0.6 is 23.2 Å². The molecule has 0 saturated carbocycles. The molecule has 3 rings (SSSR count). The highest BCUT2D eigenvalue weighted by molar-refractivity contribution is 7.89. The average molecular weight is 456 g/mol. The smallest absolute Gasteiger partial charge is 0.255 e. The number of sulfonamides is 1. The zero-order valence-electron chi connectivity index (χ0n) is 16.1. The number of nitrogens with one attached hydrogen (secondary N) is 1. The number of hydrogen-bond donors (Lipinski definition) is 1. The van der Waals surface area contributed by atoms with Gasteiger partial charge < -0.3 is 5.32 Å². The molecule has 29 heavy (non-hydrogen) atoms. The van der Waals surface area contributed by atoms with Gasteiger partial charge in [0.05, 0.1) is 16.5 Å². The van der Waals surface area contributed by atoms with Crippen LogP contribution < -0.4 is 5.32 Å². The molecule has 1 N–H and O–H groups in total. The second-order valence-corrected chi connectivity index (χ2v) is 9.95. The van der Waals surface area contributed by atoms with Gasteiger partial charge in [0.2, 0.25) is 10.0 Å². The minimum Gasteiger partial charge on any atom is -0.321 e. The van der Waals surface area contributed by atoms with Crippen molar-refractivity contribution in [3.05, 3.63) is 63.6 Å². The molecule has 156 valence electrons. The van der Waals surface area contributed by atoms with Crippen LogP contribution in [-0.2, 0) is 16.6 Å². The van der Waals surface area contributed by atoms with E-state index in [4.69, 9.17) is 23.2 Å². The number of rotatable bonds is 6. The van der Waals surface area contributed by atoms with Gasteiger partial charge in [0.1, 0.15) is 0 Å². The number of anilines is 1. The molecule has 1 heterocycles. The fraction of sp³-hybridized carbons (Fsp3) is 0.350. The fourth-order valence-corrected chi connectivity index (χ4v) is 4.58. The van der Waals surface area contributed by atoms with E-state index >= 15 is 0 Å². The maximum atomic E-state index is 12.5. The van der Waals surface area contributed by atoms with E-state index in [1.807, 2.05) is 12.1 Å². The Kier molecular flexibility index (Phi) is 7.19. The van der Waals surface area contributed by atoms with Crippen LogP contribution in [0.5, 0.6) is 0 Å². The first-order chi connectivity index (χ1) is 13.8. The number of hydrogen-bond acceptors (Lipinski definition) is 4. The van der Waals surface area contributed by atoms with Gasteiger partial charge in [-0.05, 0) is 42.8 Å². The summed E-state index contributed by atoms with van der Waals surface area (Å²) in [6.45, 7) is 4.78. The van der Waals surface area contributed by atoms with Crippen LogP contribution in [0.4, 0.5) is 5.69 Å². The average Bonchev–Trinajstić information content (AvgIpc) is 2.71. The predicted molar refractivity (Wildman–Crippen MR) is 117 cm³/mol. The Labute approximate surface area is 181 Å². The summed E-state index contributed by atoms with van der Waals surface area (Å²) in [5.41, 5.74) is 2.05. The lowest BCUT2D eigenvalue weighted by Gasteiger charge is -2.33. The van der Waals surface area contributed by atoms with E-state index in [1.165, 1.54) is 0 Å². The molecule has 6 nitrogen and oxygen atoms in total. The molecule has 1 aliphatic heterocycles. The van der Waals surface area contributed by atoms with Crippen LogP contribution in [0.1, 0.15) is 22.8 Å². The number of piperazine rings is 1. The highest BCUT2D eigenvalue weighted by Gasteiger charge is 2.25. The molecule has 1 fully saturated rings. The van der Waals surface area contributed by atoms with Crippen LogP contribution in [0.15, 0.2) is 42.5 Å². The predicted octanol–water partition coefficient (Wildman–Crippen LogP) is 3.71. The summed E-state index contributed by atoms with van der Waals surface area (Å²) in [5, 5.41) is 3.68. The lowest BCUT2D eigenvalue weighted by molar-refractivity contribution is 0.102. The number of nitrogens with zero attached hydrogens (tertiary/aromatic N) is 2. The van der Waals surface area contributed by atoms with Crippen molar-refractivity contribution in [2.24, 2.45) is 0 Å². The standard InChI is InChI=1S/C20H23Cl2N3O3S/c1-2-29(27,28)25-11-9-24(10-12-25)14-15-3-5-16(6-4-15)20(26)23-19-13-17(21)7-8-18(19)22/h3-8,13H,2,9-12,14H2,1H3,(H,23,26). The van der Waals surface area contributed by atoms with E-state index in [1.54, 1.807) is 41.6 Å². The monoisotopic (exact) mass is 455 g/mol. The van der Waals surface area contributed by atoms with E-state index < -0.39 is 10.0 Å². The largest absolute Gasteiger partial charge is 0.321 e. The third-order valence-corrected chi connectivity index (χ3v) is 7.33. The van der Waals surface area contributed by atoms with Crippen molar-refractivity contribution in [1.29, 1.82) is 0 Å². The molecule has 1 saturated heterocycles. The van der Waals surface area contributed by atoms with Gasteiger partial charge in [-0.25, -0.2) is 8.42 Å². The molecule has 0 bridgehead atoms. The maximum absolute atomic E-state index is 12.5. The Balaban J connectivity index is 1.57. The van der Waals surface area contributed by atoms with Crippen molar-refractivity contribution < 1.29 is 13.2 Å². The quantitative estimate of drug-likeness (QED) is 0.720. The van der Waals surface area contributed by atoms with Crippen LogP contribution in [0.2, 0.25) is 10.0 Å². The minimum atomic E-state index is -3.12. The normalized spacial score (nSPS) is 16.0. The molecule has 0 aromatic heterocycles. The lowest BCUT2D eigenvalue weighted by atomic mass is 10.1. The molecule has 0 aliphatic carbocycles. The van der Waals surface area contributed by atoms with Gasteiger partial charge in [-0.1, -0.05) is 35.3 Å². The summed E-state index contributed by atoms with van der Waals surface area (Å²) in [5.74, 6) is -0.129. The maximum Gasteiger partial charge on any atom is 0.255 e.